The summed E-state index contributed by atoms with van der Waals surface area (Å²) in [5.41, 5.74) is 1.33. The number of methoxy groups -OCH3 is 1. The summed E-state index contributed by atoms with van der Waals surface area (Å²) < 4.78 is 5.05. The van der Waals surface area contributed by atoms with Crippen molar-refractivity contribution in [2.45, 2.75) is 0 Å². The van der Waals surface area contributed by atoms with Crippen LogP contribution in [0.5, 0.6) is 5.75 Å². The van der Waals surface area contributed by atoms with Crippen molar-refractivity contribution in [3.8, 4) is 5.75 Å². The van der Waals surface area contributed by atoms with Crippen LogP contribution in [0.25, 0.3) is 0 Å². The first-order chi connectivity index (χ1) is 9.74. The molecule has 100 valence electrons. The van der Waals surface area contributed by atoms with Gasteiger partial charge in [-0.3, -0.25) is 4.79 Å². The van der Waals surface area contributed by atoms with Gasteiger partial charge in [0.15, 0.2) is 0 Å². The third-order valence-electron chi connectivity index (χ3n) is 2.64. The minimum Gasteiger partial charge on any atom is -0.494 e. The second-order valence-electron chi connectivity index (χ2n) is 3.91. The van der Waals surface area contributed by atoms with Gasteiger partial charge in [-0.2, -0.15) is 4.99 Å². The van der Waals surface area contributed by atoms with E-state index in [-0.39, 0.29) is 11.6 Å². The summed E-state index contributed by atoms with van der Waals surface area (Å²) in [5.74, 6) is 0.116. The Morgan fingerprint density at radius 3 is 2.60 bits per heavy atom. The van der Waals surface area contributed by atoms with Crippen molar-refractivity contribution >= 4 is 23.4 Å². The maximum absolute atomic E-state index is 12.1. The van der Waals surface area contributed by atoms with Gasteiger partial charge in [-0.05, 0) is 30.3 Å². The Labute approximate surface area is 115 Å². The summed E-state index contributed by atoms with van der Waals surface area (Å²) in [6.45, 7) is 0. The minimum absolute atomic E-state index is 0.267. The summed E-state index contributed by atoms with van der Waals surface area (Å²) >= 11 is 0. The van der Waals surface area contributed by atoms with Crippen LogP contribution in [-0.4, -0.2) is 19.1 Å². The molecule has 0 unspecified atom stereocenters. The lowest BCUT2D eigenvalue weighted by Gasteiger charge is -2.07. The predicted octanol–water partition coefficient (Wildman–Crippen LogP) is 2.91. The minimum atomic E-state index is -0.291. The van der Waals surface area contributed by atoms with Crippen LogP contribution >= 0.6 is 0 Å². The molecular formula is C15H12N2O3. The number of carbonyl (C=O) groups is 1. The zero-order valence-electron chi connectivity index (χ0n) is 10.8. The molecule has 0 bridgehead atoms. The molecule has 0 saturated carbocycles. The highest BCUT2D eigenvalue weighted by molar-refractivity contribution is 6.05. The van der Waals surface area contributed by atoms with E-state index in [9.17, 15) is 9.59 Å². The fourth-order valence-electron chi connectivity index (χ4n) is 1.69. The molecular weight excluding hydrogens is 256 g/mol. The fraction of sp³-hybridized carbons (Fsp3) is 0.0667. The van der Waals surface area contributed by atoms with Crippen LogP contribution < -0.4 is 10.1 Å². The average Bonchev–Trinajstić information content (AvgIpc) is 2.48. The number of hydrogen-bond acceptors (Lipinski definition) is 4. The average molecular weight is 268 g/mol. The second kappa shape index (κ2) is 6.31. The number of aliphatic imine (C=N–C) groups is 1. The quantitative estimate of drug-likeness (QED) is 0.684. The SMILES string of the molecule is COc1ccc(C(=O)Nc2ccccc2)cc1N=C=O. The standard InChI is InChI=1S/C15H12N2O3/c1-20-14-8-7-11(9-13(14)16-10-18)15(19)17-12-5-3-2-4-6-12/h2-9H,1H3,(H,17,19). The van der Waals surface area contributed by atoms with Gasteiger partial charge in [0.25, 0.3) is 5.91 Å². The van der Waals surface area contributed by atoms with Crippen molar-refractivity contribution in [3.63, 3.8) is 0 Å². The van der Waals surface area contributed by atoms with Crippen molar-refractivity contribution < 1.29 is 14.3 Å². The monoisotopic (exact) mass is 268 g/mol. The molecule has 1 amide bonds. The van der Waals surface area contributed by atoms with E-state index in [0.717, 1.165) is 0 Å². The van der Waals surface area contributed by atoms with Crippen LogP contribution in [0.1, 0.15) is 10.4 Å². The molecule has 0 spiro atoms. The van der Waals surface area contributed by atoms with Crippen molar-refractivity contribution in [1.29, 1.82) is 0 Å². The van der Waals surface area contributed by atoms with E-state index in [2.05, 4.69) is 10.3 Å². The van der Waals surface area contributed by atoms with Gasteiger partial charge in [0.1, 0.15) is 11.4 Å². The molecule has 0 aromatic heterocycles. The van der Waals surface area contributed by atoms with E-state index >= 15 is 0 Å². The Morgan fingerprint density at radius 2 is 1.95 bits per heavy atom. The number of amides is 1. The van der Waals surface area contributed by atoms with Gasteiger partial charge in [0, 0.05) is 11.3 Å². The van der Waals surface area contributed by atoms with Crippen molar-refractivity contribution in [3.05, 3.63) is 54.1 Å². The Balaban J connectivity index is 2.26. The summed E-state index contributed by atoms with van der Waals surface area (Å²) in [6, 6.07) is 13.7. The van der Waals surface area contributed by atoms with Gasteiger partial charge < -0.3 is 10.1 Å². The highest BCUT2D eigenvalue weighted by Crippen LogP contribution is 2.28. The van der Waals surface area contributed by atoms with Gasteiger partial charge in [0.2, 0.25) is 6.08 Å². The van der Waals surface area contributed by atoms with Gasteiger partial charge in [-0.25, -0.2) is 4.79 Å². The molecule has 0 aliphatic carbocycles. The third-order valence-corrected chi connectivity index (χ3v) is 2.64. The molecule has 0 radical (unpaired) electrons. The number of nitrogens with zero attached hydrogens (tertiary/aromatic N) is 1. The van der Waals surface area contributed by atoms with Crippen molar-refractivity contribution in [1.82, 2.24) is 0 Å². The van der Waals surface area contributed by atoms with Crippen LogP contribution in [0.2, 0.25) is 0 Å². The first kappa shape index (κ1) is 13.5. The molecule has 2 aromatic rings. The number of nitrogens with one attached hydrogen (secondary N) is 1. The Hall–Kier alpha value is -2.91. The molecule has 2 aromatic carbocycles. The van der Waals surface area contributed by atoms with Crippen molar-refractivity contribution in [2.24, 2.45) is 4.99 Å². The molecule has 0 aliphatic rings. The maximum Gasteiger partial charge on any atom is 0.255 e. The number of benzene rings is 2. The first-order valence-corrected chi connectivity index (χ1v) is 5.87. The number of hydrogen-bond donors (Lipinski definition) is 1. The molecule has 0 atom stereocenters. The summed E-state index contributed by atoms with van der Waals surface area (Å²) in [5, 5.41) is 2.75. The zero-order valence-corrected chi connectivity index (χ0v) is 10.8. The van der Waals surface area contributed by atoms with E-state index < -0.39 is 0 Å². The van der Waals surface area contributed by atoms with E-state index in [1.807, 2.05) is 18.2 Å². The van der Waals surface area contributed by atoms with Gasteiger partial charge in [0.05, 0.1) is 7.11 Å². The highest BCUT2D eigenvalue weighted by atomic mass is 16.5. The smallest absolute Gasteiger partial charge is 0.255 e. The van der Waals surface area contributed by atoms with E-state index in [1.54, 1.807) is 24.3 Å². The Kier molecular flexibility index (Phi) is 4.27. The largest absolute Gasteiger partial charge is 0.494 e. The second-order valence-corrected chi connectivity index (χ2v) is 3.91. The van der Waals surface area contributed by atoms with E-state index in [4.69, 9.17) is 4.74 Å². The summed E-state index contributed by atoms with van der Waals surface area (Å²) in [7, 11) is 1.46. The topological polar surface area (TPSA) is 67.8 Å². The molecule has 0 saturated heterocycles. The molecule has 0 aliphatic heterocycles. The number of anilines is 1. The van der Waals surface area contributed by atoms with Crippen LogP contribution in [0.15, 0.2) is 53.5 Å². The molecule has 0 fully saturated rings. The van der Waals surface area contributed by atoms with Crippen LogP contribution in [-0.2, 0) is 4.79 Å². The Morgan fingerprint density at radius 1 is 1.20 bits per heavy atom. The lowest BCUT2D eigenvalue weighted by molar-refractivity contribution is 0.102. The number of rotatable bonds is 4. The van der Waals surface area contributed by atoms with Crippen LogP contribution in [0.3, 0.4) is 0 Å². The molecule has 20 heavy (non-hydrogen) atoms. The maximum atomic E-state index is 12.1. The molecule has 2 rings (SSSR count). The van der Waals surface area contributed by atoms with Crippen molar-refractivity contribution in [2.75, 3.05) is 12.4 Å². The number of ether oxygens (including phenoxy) is 1. The molecule has 5 nitrogen and oxygen atoms in total. The normalized spacial score (nSPS) is 9.45. The van der Waals surface area contributed by atoms with E-state index in [0.29, 0.717) is 17.0 Å². The lowest BCUT2D eigenvalue weighted by atomic mass is 10.1. The predicted molar refractivity (Wildman–Crippen MR) is 75.2 cm³/mol. The van der Waals surface area contributed by atoms with Gasteiger partial charge in [-0.15, -0.1) is 0 Å². The third kappa shape index (κ3) is 3.10. The molecule has 1 N–H and O–H groups in total. The summed E-state index contributed by atoms with van der Waals surface area (Å²) in [6.07, 6.45) is 1.44. The number of carbonyl (C=O) groups excluding carboxylic acids is 2. The first-order valence-electron chi connectivity index (χ1n) is 5.87. The van der Waals surface area contributed by atoms with Crippen LogP contribution in [0, 0.1) is 0 Å². The fourth-order valence-corrected chi connectivity index (χ4v) is 1.69. The zero-order chi connectivity index (χ0) is 14.4. The van der Waals surface area contributed by atoms with Crippen LogP contribution in [0.4, 0.5) is 11.4 Å². The number of para-hydroxylation sites is 1. The summed E-state index contributed by atoms with van der Waals surface area (Å²) in [4.78, 5) is 26.0. The van der Waals surface area contributed by atoms with Gasteiger partial charge >= 0.3 is 0 Å². The Bertz CT molecular complexity index is 662. The lowest BCUT2D eigenvalue weighted by Crippen LogP contribution is -2.11. The number of isocyanates is 1. The molecule has 5 heteroatoms. The van der Waals surface area contributed by atoms with E-state index in [1.165, 1.54) is 19.3 Å². The highest BCUT2D eigenvalue weighted by Gasteiger charge is 2.10. The van der Waals surface area contributed by atoms with Gasteiger partial charge in [-0.1, -0.05) is 18.2 Å². The molecule has 0 heterocycles.